The van der Waals surface area contributed by atoms with Gasteiger partial charge in [0.1, 0.15) is 22.4 Å². The predicted molar refractivity (Wildman–Crippen MR) is 111 cm³/mol. The highest BCUT2D eigenvalue weighted by Crippen LogP contribution is 2.52. The lowest BCUT2D eigenvalue weighted by Crippen LogP contribution is -2.23. The van der Waals surface area contributed by atoms with Crippen molar-refractivity contribution < 1.29 is 17.6 Å². The number of nitrogens with zero attached hydrogens (tertiary/aromatic N) is 4. The molecule has 3 heterocycles. The third-order valence-electron chi connectivity index (χ3n) is 4.67. The molecule has 12 heteroatoms. The SMILES string of the molecule is N#Cc1cc(C(F)(F)F)cnc1CSC1=NC2(CC2)/C(=C/C(=N)c2ncco2)C(=N)S1. The van der Waals surface area contributed by atoms with E-state index in [0.29, 0.717) is 16.1 Å². The Balaban J connectivity index is 1.52. The Bertz CT molecular complexity index is 1160. The lowest BCUT2D eigenvalue weighted by Gasteiger charge is -2.23. The molecule has 0 saturated heterocycles. The van der Waals surface area contributed by atoms with Crippen LogP contribution in [0.3, 0.4) is 0 Å². The van der Waals surface area contributed by atoms with Gasteiger partial charge in [-0.25, -0.2) is 4.98 Å². The first-order chi connectivity index (χ1) is 14.7. The van der Waals surface area contributed by atoms with Crippen molar-refractivity contribution in [2.75, 3.05) is 0 Å². The van der Waals surface area contributed by atoms with Crippen LogP contribution < -0.4 is 0 Å². The number of rotatable bonds is 4. The Morgan fingerprint density at radius 1 is 1.39 bits per heavy atom. The van der Waals surface area contributed by atoms with Gasteiger partial charge in [-0.2, -0.15) is 18.4 Å². The molecule has 158 valence electrons. The van der Waals surface area contributed by atoms with Gasteiger partial charge in [0.25, 0.3) is 0 Å². The molecule has 7 nitrogen and oxygen atoms in total. The molecule has 1 saturated carbocycles. The largest absolute Gasteiger partial charge is 0.443 e. The number of hydrogen-bond donors (Lipinski definition) is 2. The number of hydrogen-bond acceptors (Lipinski definition) is 9. The third-order valence-corrected chi connectivity index (χ3v) is 6.72. The molecular formula is C19H13F3N6OS2. The van der Waals surface area contributed by atoms with Crippen molar-refractivity contribution in [2.45, 2.75) is 30.3 Å². The molecule has 1 spiro atoms. The summed E-state index contributed by atoms with van der Waals surface area (Å²) in [6, 6.07) is 2.55. The van der Waals surface area contributed by atoms with Crippen LogP contribution in [0.25, 0.3) is 0 Å². The number of nitriles is 1. The quantitative estimate of drug-likeness (QED) is 0.629. The molecule has 0 unspecified atom stereocenters. The van der Waals surface area contributed by atoms with Crippen molar-refractivity contribution in [3.8, 4) is 6.07 Å². The van der Waals surface area contributed by atoms with Gasteiger partial charge in [-0.15, -0.1) is 0 Å². The zero-order valence-electron chi connectivity index (χ0n) is 15.7. The van der Waals surface area contributed by atoms with Crippen LogP contribution in [0.2, 0.25) is 0 Å². The molecule has 1 aliphatic carbocycles. The number of halogens is 3. The summed E-state index contributed by atoms with van der Waals surface area (Å²) in [6.45, 7) is 0. The summed E-state index contributed by atoms with van der Waals surface area (Å²) in [5.74, 6) is 0.309. The molecule has 0 amide bonds. The van der Waals surface area contributed by atoms with Gasteiger partial charge < -0.3 is 4.42 Å². The van der Waals surface area contributed by atoms with Crippen LogP contribution >= 0.6 is 23.5 Å². The van der Waals surface area contributed by atoms with Crippen LogP contribution in [0.15, 0.2) is 45.8 Å². The number of allylic oxidation sites excluding steroid dienone is 1. The molecule has 0 bridgehead atoms. The molecule has 4 rings (SSSR count). The fraction of sp³-hybridized carbons (Fsp3) is 0.263. The topological polar surface area (TPSA) is 123 Å². The first kappa shape index (κ1) is 21.3. The van der Waals surface area contributed by atoms with Crippen LogP contribution in [0.4, 0.5) is 13.2 Å². The Labute approximate surface area is 182 Å². The van der Waals surface area contributed by atoms with E-state index in [2.05, 4.69) is 9.97 Å². The highest BCUT2D eigenvalue weighted by atomic mass is 32.2. The van der Waals surface area contributed by atoms with E-state index in [9.17, 15) is 18.4 Å². The second kappa shape index (κ2) is 7.97. The molecule has 1 aliphatic heterocycles. The van der Waals surface area contributed by atoms with E-state index >= 15 is 0 Å². The second-order valence-electron chi connectivity index (χ2n) is 6.77. The van der Waals surface area contributed by atoms with Crippen LogP contribution in [-0.2, 0) is 11.9 Å². The Morgan fingerprint density at radius 3 is 2.77 bits per heavy atom. The highest BCUT2D eigenvalue weighted by molar-refractivity contribution is 8.45. The molecule has 0 aromatic carbocycles. The van der Waals surface area contributed by atoms with Gasteiger partial charge in [-0.05, 0) is 36.7 Å². The Hall–Kier alpha value is -2.91. The monoisotopic (exact) mass is 462 g/mol. The molecule has 2 aromatic rings. The number of nitrogens with one attached hydrogen (secondary N) is 2. The van der Waals surface area contributed by atoms with E-state index in [1.54, 1.807) is 12.1 Å². The molecule has 1 fully saturated rings. The van der Waals surface area contributed by atoms with Crippen molar-refractivity contribution in [3.05, 3.63) is 59.1 Å². The van der Waals surface area contributed by atoms with Crippen LogP contribution in [0, 0.1) is 22.1 Å². The maximum Gasteiger partial charge on any atom is 0.417 e. The minimum absolute atomic E-state index is 0.0514. The first-order valence-electron chi connectivity index (χ1n) is 8.88. The summed E-state index contributed by atoms with van der Waals surface area (Å²) in [5.41, 5.74) is -0.780. The van der Waals surface area contributed by atoms with Gasteiger partial charge in [0.05, 0.1) is 33.6 Å². The number of oxazole rings is 1. The summed E-state index contributed by atoms with van der Waals surface area (Å²) in [7, 11) is 0. The van der Waals surface area contributed by atoms with Crippen molar-refractivity contribution in [2.24, 2.45) is 4.99 Å². The lowest BCUT2D eigenvalue weighted by atomic mass is 10.0. The van der Waals surface area contributed by atoms with Crippen molar-refractivity contribution >= 4 is 38.7 Å². The summed E-state index contributed by atoms with van der Waals surface area (Å²) >= 11 is 2.33. The maximum absolute atomic E-state index is 12.8. The standard InChI is InChI=1S/C19H13F3N6OS2/c20-19(21,22)11-5-10(7-23)14(27-8-11)9-30-17-28-18(1-2-18)12(15(25)31-17)6-13(24)16-26-3-4-29-16/h3-6,8,24-25H,1-2,9H2/b12-6+,24-13?,25-15?. The zero-order valence-corrected chi connectivity index (χ0v) is 17.3. The van der Waals surface area contributed by atoms with E-state index in [0.717, 1.165) is 30.7 Å². The van der Waals surface area contributed by atoms with Gasteiger partial charge in [0.15, 0.2) is 0 Å². The van der Waals surface area contributed by atoms with Crippen LogP contribution in [-0.4, -0.2) is 30.6 Å². The minimum Gasteiger partial charge on any atom is -0.443 e. The average Bonchev–Trinajstić information content (AvgIpc) is 3.25. The van der Waals surface area contributed by atoms with E-state index in [4.69, 9.17) is 20.2 Å². The smallest absolute Gasteiger partial charge is 0.417 e. The Morgan fingerprint density at radius 2 is 2.16 bits per heavy atom. The molecule has 31 heavy (non-hydrogen) atoms. The van der Waals surface area contributed by atoms with E-state index in [1.165, 1.54) is 24.2 Å². The predicted octanol–water partition coefficient (Wildman–Crippen LogP) is 4.80. The normalized spacial score (nSPS) is 18.7. The molecular weight excluding hydrogens is 449 g/mol. The van der Waals surface area contributed by atoms with E-state index in [1.807, 2.05) is 0 Å². The molecule has 2 aromatic heterocycles. The van der Waals surface area contributed by atoms with Gasteiger partial charge in [0.2, 0.25) is 5.89 Å². The van der Waals surface area contributed by atoms with Gasteiger partial charge in [-0.3, -0.25) is 20.8 Å². The summed E-state index contributed by atoms with van der Waals surface area (Å²) in [5, 5.41) is 26.0. The van der Waals surface area contributed by atoms with Crippen molar-refractivity contribution in [3.63, 3.8) is 0 Å². The van der Waals surface area contributed by atoms with Gasteiger partial charge >= 0.3 is 6.18 Å². The van der Waals surface area contributed by atoms with Crippen molar-refractivity contribution in [1.29, 1.82) is 16.1 Å². The maximum atomic E-state index is 12.8. The zero-order chi connectivity index (χ0) is 22.2. The summed E-state index contributed by atoms with van der Waals surface area (Å²) in [4.78, 5) is 12.5. The third kappa shape index (κ3) is 4.42. The molecule has 0 atom stereocenters. The first-order valence-corrected chi connectivity index (χ1v) is 10.7. The molecule has 0 radical (unpaired) electrons. The fourth-order valence-corrected chi connectivity index (χ4v) is 5.07. The Kier molecular flexibility index (Phi) is 5.49. The number of pyridine rings is 1. The summed E-state index contributed by atoms with van der Waals surface area (Å²) in [6.07, 6.45) is 1.96. The van der Waals surface area contributed by atoms with Crippen LogP contribution in [0.5, 0.6) is 0 Å². The summed E-state index contributed by atoms with van der Waals surface area (Å²) < 4.78 is 44.2. The number of aromatic nitrogens is 2. The average molecular weight is 462 g/mol. The minimum atomic E-state index is -4.57. The number of alkyl halides is 3. The molecule has 2 N–H and O–H groups in total. The van der Waals surface area contributed by atoms with Crippen molar-refractivity contribution in [1.82, 2.24) is 9.97 Å². The number of thioether (sulfide) groups is 2. The highest BCUT2D eigenvalue weighted by Gasteiger charge is 2.50. The van der Waals surface area contributed by atoms with Crippen LogP contribution in [0.1, 0.15) is 35.6 Å². The number of aliphatic imine (C=N–C) groups is 1. The van der Waals surface area contributed by atoms with Gasteiger partial charge in [-0.1, -0.05) is 11.8 Å². The lowest BCUT2D eigenvalue weighted by molar-refractivity contribution is -0.137. The second-order valence-corrected chi connectivity index (χ2v) is 8.99. The van der Waals surface area contributed by atoms with Gasteiger partial charge in [0, 0.05) is 17.5 Å². The van der Waals surface area contributed by atoms with E-state index in [-0.39, 0.29) is 33.7 Å². The fourth-order valence-electron chi connectivity index (χ4n) is 2.93. The molecule has 2 aliphatic rings. The van der Waals surface area contributed by atoms with E-state index < -0.39 is 17.3 Å².